The van der Waals surface area contributed by atoms with Gasteiger partial charge in [-0.25, -0.2) is 12.7 Å². The van der Waals surface area contributed by atoms with Crippen molar-refractivity contribution in [2.75, 3.05) is 32.1 Å². The SMILES string of the molecule is O=S(=O)(CC[C@H]1CCCO1)N1CC[C@@H](CO)C1. The van der Waals surface area contributed by atoms with E-state index < -0.39 is 10.0 Å². The highest BCUT2D eigenvalue weighted by Crippen LogP contribution is 2.21. The molecule has 2 fully saturated rings. The quantitative estimate of drug-likeness (QED) is 0.769. The molecule has 0 radical (unpaired) electrons. The summed E-state index contributed by atoms with van der Waals surface area (Å²) in [7, 11) is -3.15. The lowest BCUT2D eigenvalue weighted by atomic mass is 10.1. The maximum atomic E-state index is 12.0. The Kier molecular flexibility index (Phi) is 4.41. The third-order valence-corrected chi connectivity index (χ3v) is 5.49. The largest absolute Gasteiger partial charge is 0.396 e. The second-order valence-corrected chi connectivity index (χ2v) is 7.02. The molecule has 2 saturated heterocycles. The Balaban J connectivity index is 1.81. The third kappa shape index (κ3) is 3.40. The van der Waals surface area contributed by atoms with Crippen molar-refractivity contribution in [3.05, 3.63) is 0 Å². The van der Waals surface area contributed by atoms with E-state index in [1.54, 1.807) is 0 Å². The maximum absolute atomic E-state index is 12.0. The fourth-order valence-corrected chi connectivity index (χ4v) is 4.12. The minimum atomic E-state index is -3.15. The summed E-state index contributed by atoms with van der Waals surface area (Å²) in [6, 6.07) is 0. The first kappa shape index (κ1) is 13.3. The summed E-state index contributed by atoms with van der Waals surface area (Å²) in [5.41, 5.74) is 0. The van der Waals surface area contributed by atoms with E-state index in [1.165, 1.54) is 4.31 Å². The van der Waals surface area contributed by atoms with Gasteiger partial charge in [0.05, 0.1) is 11.9 Å². The van der Waals surface area contributed by atoms with Crippen LogP contribution in [-0.4, -0.2) is 56.0 Å². The zero-order chi connectivity index (χ0) is 12.3. The predicted molar refractivity (Wildman–Crippen MR) is 64.1 cm³/mol. The first-order chi connectivity index (χ1) is 8.12. The molecule has 5 nitrogen and oxygen atoms in total. The van der Waals surface area contributed by atoms with Crippen LogP contribution in [0.3, 0.4) is 0 Å². The Morgan fingerprint density at radius 2 is 2.18 bits per heavy atom. The molecule has 0 aromatic heterocycles. The van der Waals surface area contributed by atoms with Crippen LogP contribution in [0.1, 0.15) is 25.7 Å². The average Bonchev–Trinajstić information content (AvgIpc) is 2.98. The van der Waals surface area contributed by atoms with E-state index in [1.807, 2.05) is 0 Å². The van der Waals surface area contributed by atoms with Gasteiger partial charge < -0.3 is 9.84 Å². The van der Waals surface area contributed by atoms with E-state index in [2.05, 4.69) is 0 Å². The maximum Gasteiger partial charge on any atom is 0.214 e. The number of rotatable bonds is 5. The van der Waals surface area contributed by atoms with E-state index in [4.69, 9.17) is 9.84 Å². The molecule has 100 valence electrons. The number of hydrogen-bond donors (Lipinski definition) is 1. The van der Waals surface area contributed by atoms with Crippen molar-refractivity contribution in [3.8, 4) is 0 Å². The summed E-state index contributed by atoms with van der Waals surface area (Å²) in [6.07, 6.45) is 3.52. The van der Waals surface area contributed by atoms with Gasteiger partial charge in [-0.3, -0.25) is 0 Å². The van der Waals surface area contributed by atoms with Crippen molar-refractivity contribution in [3.63, 3.8) is 0 Å². The van der Waals surface area contributed by atoms with Gasteiger partial charge in [-0.2, -0.15) is 0 Å². The van der Waals surface area contributed by atoms with Crippen LogP contribution in [0.5, 0.6) is 0 Å². The van der Waals surface area contributed by atoms with E-state index in [0.29, 0.717) is 19.5 Å². The molecule has 0 saturated carbocycles. The van der Waals surface area contributed by atoms with E-state index >= 15 is 0 Å². The van der Waals surface area contributed by atoms with Crippen LogP contribution in [0.2, 0.25) is 0 Å². The topological polar surface area (TPSA) is 66.8 Å². The molecule has 0 aromatic rings. The fourth-order valence-electron chi connectivity index (χ4n) is 2.48. The molecule has 2 aliphatic heterocycles. The summed E-state index contributed by atoms with van der Waals surface area (Å²) in [6.45, 7) is 1.88. The monoisotopic (exact) mass is 263 g/mol. The molecule has 2 rings (SSSR count). The molecular formula is C11H21NO4S. The van der Waals surface area contributed by atoms with Gasteiger partial charge in [0.15, 0.2) is 0 Å². The highest BCUT2D eigenvalue weighted by molar-refractivity contribution is 7.89. The molecule has 6 heteroatoms. The molecule has 1 N–H and O–H groups in total. The normalized spacial score (nSPS) is 31.1. The van der Waals surface area contributed by atoms with Crippen LogP contribution >= 0.6 is 0 Å². The lowest BCUT2D eigenvalue weighted by molar-refractivity contribution is 0.108. The second-order valence-electron chi connectivity index (χ2n) is 4.94. The van der Waals surface area contributed by atoms with Gasteiger partial charge >= 0.3 is 0 Å². The Labute approximate surface area is 103 Å². The number of sulfonamides is 1. The predicted octanol–water partition coefficient (Wildman–Crippen LogP) is 0.200. The molecule has 0 amide bonds. The van der Waals surface area contributed by atoms with Gasteiger partial charge in [0, 0.05) is 26.3 Å². The molecular weight excluding hydrogens is 242 g/mol. The summed E-state index contributed by atoms with van der Waals surface area (Å²) < 4.78 is 31.0. The van der Waals surface area contributed by atoms with Gasteiger partial charge in [0.2, 0.25) is 10.0 Å². The van der Waals surface area contributed by atoms with E-state index in [0.717, 1.165) is 25.9 Å². The summed E-state index contributed by atoms with van der Waals surface area (Å²) in [5, 5.41) is 9.01. The lowest BCUT2D eigenvalue weighted by Gasteiger charge is -2.17. The number of aliphatic hydroxyl groups excluding tert-OH is 1. The van der Waals surface area contributed by atoms with Crippen LogP contribution in [0.15, 0.2) is 0 Å². The third-order valence-electron chi connectivity index (χ3n) is 3.62. The van der Waals surface area contributed by atoms with E-state index in [-0.39, 0.29) is 24.4 Å². The van der Waals surface area contributed by atoms with Crippen molar-refractivity contribution in [2.24, 2.45) is 5.92 Å². The fraction of sp³-hybridized carbons (Fsp3) is 1.00. The Morgan fingerprint density at radius 1 is 1.35 bits per heavy atom. The van der Waals surface area contributed by atoms with Crippen molar-refractivity contribution in [1.29, 1.82) is 0 Å². The van der Waals surface area contributed by atoms with Crippen LogP contribution < -0.4 is 0 Å². The minimum absolute atomic E-state index is 0.0811. The molecule has 0 bridgehead atoms. The standard InChI is InChI=1S/C11H21NO4S/c13-9-10-3-5-12(8-10)17(14,15)7-4-11-2-1-6-16-11/h10-11,13H,1-9H2/t10-,11-/m1/s1. The molecule has 0 spiro atoms. The van der Waals surface area contributed by atoms with E-state index in [9.17, 15) is 8.42 Å². The van der Waals surface area contributed by atoms with Crippen LogP contribution in [-0.2, 0) is 14.8 Å². The van der Waals surface area contributed by atoms with Gasteiger partial charge in [-0.15, -0.1) is 0 Å². The Bertz CT molecular complexity index is 337. The number of nitrogens with zero attached hydrogens (tertiary/aromatic N) is 1. The number of hydrogen-bond acceptors (Lipinski definition) is 4. The number of ether oxygens (including phenoxy) is 1. The zero-order valence-electron chi connectivity index (χ0n) is 10.0. The number of aliphatic hydroxyl groups is 1. The summed E-state index contributed by atoms with van der Waals surface area (Å²) in [5.74, 6) is 0.294. The van der Waals surface area contributed by atoms with Crippen LogP contribution in [0.4, 0.5) is 0 Å². The molecule has 0 unspecified atom stereocenters. The van der Waals surface area contributed by atoms with Crippen molar-refractivity contribution in [2.45, 2.75) is 31.8 Å². The van der Waals surface area contributed by atoms with Crippen molar-refractivity contribution < 1.29 is 18.3 Å². The molecule has 0 aromatic carbocycles. The average molecular weight is 263 g/mol. The summed E-state index contributed by atoms with van der Waals surface area (Å²) in [4.78, 5) is 0. The minimum Gasteiger partial charge on any atom is -0.396 e. The second kappa shape index (κ2) is 5.65. The Hall–Kier alpha value is -0.170. The molecule has 17 heavy (non-hydrogen) atoms. The lowest BCUT2D eigenvalue weighted by Crippen LogP contribution is -2.32. The molecule has 2 atom stereocenters. The molecule has 2 heterocycles. The molecule has 2 aliphatic rings. The first-order valence-corrected chi connectivity index (χ1v) is 7.93. The van der Waals surface area contributed by atoms with Gasteiger partial charge in [-0.05, 0) is 31.6 Å². The van der Waals surface area contributed by atoms with Gasteiger partial charge in [0.25, 0.3) is 0 Å². The summed E-state index contributed by atoms with van der Waals surface area (Å²) >= 11 is 0. The van der Waals surface area contributed by atoms with Crippen LogP contribution in [0, 0.1) is 5.92 Å². The Morgan fingerprint density at radius 3 is 2.76 bits per heavy atom. The first-order valence-electron chi connectivity index (χ1n) is 6.32. The van der Waals surface area contributed by atoms with Crippen molar-refractivity contribution in [1.82, 2.24) is 4.31 Å². The zero-order valence-corrected chi connectivity index (χ0v) is 10.9. The van der Waals surface area contributed by atoms with Gasteiger partial charge in [0.1, 0.15) is 0 Å². The smallest absolute Gasteiger partial charge is 0.214 e. The highest BCUT2D eigenvalue weighted by Gasteiger charge is 2.31. The van der Waals surface area contributed by atoms with Crippen LogP contribution in [0.25, 0.3) is 0 Å². The van der Waals surface area contributed by atoms with Gasteiger partial charge in [-0.1, -0.05) is 0 Å². The molecule has 0 aliphatic carbocycles. The van der Waals surface area contributed by atoms with Crippen molar-refractivity contribution >= 4 is 10.0 Å². The highest BCUT2D eigenvalue weighted by atomic mass is 32.2.